The summed E-state index contributed by atoms with van der Waals surface area (Å²) >= 11 is 3.40. The molecule has 0 fully saturated rings. The molecular formula is C19H16N4OS2. The number of nitrogens with one attached hydrogen (secondary N) is 1. The molecule has 1 N–H and O–H groups in total. The van der Waals surface area contributed by atoms with Crippen molar-refractivity contribution in [3.05, 3.63) is 82.4 Å². The number of fused-ring (bicyclic) bond motifs is 1. The van der Waals surface area contributed by atoms with E-state index in [2.05, 4.69) is 27.0 Å². The van der Waals surface area contributed by atoms with Crippen LogP contribution in [0.3, 0.4) is 0 Å². The van der Waals surface area contributed by atoms with Crippen molar-refractivity contribution in [3.63, 3.8) is 0 Å². The average molecular weight is 380 g/mol. The van der Waals surface area contributed by atoms with E-state index >= 15 is 0 Å². The van der Waals surface area contributed by atoms with Gasteiger partial charge in [-0.15, -0.1) is 33.3 Å². The van der Waals surface area contributed by atoms with Crippen LogP contribution < -0.4 is 5.32 Å². The van der Waals surface area contributed by atoms with Crippen molar-refractivity contribution < 1.29 is 4.79 Å². The Bertz CT molecular complexity index is 1030. The van der Waals surface area contributed by atoms with Crippen LogP contribution in [0.4, 0.5) is 0 Å². The summed E-state index contributed by atoms with van der Waals surface area (Å²) in [5.41, 5.74) is 1.45. The monoisotopic (exact) mass is 380 g/mol. The summed E-state index contributed by atoms with van der Waals surface area (Å²) in [5.74, 6) is 1.46. The molecule has 0 atom stereocenters. The highest BCUT2D eigenvalue weighted by Crippen LogP contribution is 2.27. The average Bonchev–Trinajstić information content (AvgIpc) is 3.34. The number of hydrogen-bond donors (Lipinski definition) is 1. The normalized spacial score (nSPS) is 10.9. The zero-order chi connectivity index (χ0) is 17.8. The molecule has 1 aromatic carbocycles. The minimum Gasteiger partial charge on any atom is -0.345 e. The van der Waals surface area contributed by atoms with Crippen LogP contribution in [0.2, 0.25) is 0 Å². The van der Waals surface area contributed by atoms with E-state index in [0.717, 1.165) is 16.3 Å². The predicted molar refractivity (Wildman–Crippen MR) is 104 cm³/mol. The fraction of sp³-hybridized carbons (Fsp3) is 0.105. The number of carbonyl (C=O) groups excluding carboxylic acids is 1. The molecule has 0 aliphatic heterocycles. The first kappa shape index (κ1) is 16.8. The summed E-state index contributed by atoms with van der Waals surface area (Å²) in [6.07, 6.45) is 1.89. The number of thiophene rings is 1. The van der Waals surface area contributed by atoms with Crippen molar-refractivity contribution in [2.24, 2.45) is 0 Å². The van der Waals surface area contributed by atoms with Gasteiger partial charge in [-0.05, 0) is 35.7 Å². The van der Waals surface area contributed by atoms with E-state index in [1.54, 1.807) is 23.1 Å². The zero-order valence-corrected chi connectivity index (χ0v) is 15.5. The molecule has 130 valence electrons. The van der Waals surface area contributed by atoms with Crippen molar-refractivity contribution in [3.8, 4) is 0 Å². The van der Waals surface area contributed by atoms with Gasteiger partial charge in [0.2, 0.25) is 0 Å². The zero-order valence-electron chi connectivity index (χ0n) is 13.8. The largest absolute Gasteiger partial charge is 0.345 e. The van der Waals surface area contributed by atoms with Crippen molar-refractivity contribution in [2.75, 3.05) is 0 Å². The quantitative estimate of drug-likeness (QED) is 0.514. The summed E-state index contributed by atoms with van der Waals surface area (Å²) in [6, 6.07) is 17.5. The van der Waals surface area contributed by atoms with E-state index in [1.807, 2.05) is 59.1 Å². The molecule has 0 unspecified atom stereocenters. The minimum absolute atomic E-state index is 0.105. The van der Waals surface area contributed by atoms with Crippen LogP contribution in [0.15, 0.2) is 71.1 Å². The third-order valence-electron chi connectivity index (χ3n) is 3.87. The number of nitrogens with zero attached hydrogens (tertiary/aromatic N) is 3. The van der Waals surface area contributed by atoms with E-state index in [-0.39, 0.29) is 5.91 Å². The van der Waals surface area contributed by atoms with Crippen LogP contribution in [0.1, 0.15) is 21.1 Å². The first-order valence-electron chi connectivity index (χ1n) is 8.12. The van der Waals surface area contributed by atoms with Gasteiger partial charge in [0.25, 0.3) is 5.91 Å². The Morgan fingerprint density at radius 2 is 1.96 bits per heavy atom. The fourth-order valence-corrected chi connectivity index (χ4v) is 4.41. The summed E-state index contributed by atoms with van der Waals surface area (Å²) in [6.45, 7) is 0.327. The van der Waals surface area contributed by atoms with Crippen molar-refractivity contribution in [1.29, 1.82) is 0 Å². The van der Waals surface area contributed by atoms with E-state index in [1.165, 1.54) is 4.88 Å². The van der Waals surface area contributed by atoms with Gasteiger partial charge in [0.1, 0.15) is 0 Å². The second kappa shape index (κ2) is 7.72. The molecule has 5 nitrogen and oxygen atoms in total. The number of amides is 1. The SMILES string of the molecule is O=C(NCc1nnc2ccccn12)c1ccccc1SCc1cccs1. The van der Waals surface area contributed by atoms with Crippen LogP contribution in [0.5, 0.6) is 0 Å². The molecule has 0 bridgehead atoms. The maximum Gasteiger partial charge on any atom is 0.252 e. The Morgan fingerprint density at radius 3 is 2.85 bits per heavy atom. The molecule has 4 rings (SSSR count). The van der Waals surface area contributed by atoms with E-state index < -0.39 is 0 Å². The van der Waals surface area contributed by atoms with Crippen molar-refractivity contribution in [2.45, 2.75) is 17.2 Å². The van der Waals surface area contributed by atoms with Crippen LogP contribution in [-0.4, -0.2) is 20.5 Å². The number of carbonyl (C=O) groups is 1. The second-order valence-electron chi connectivity index (χ2n) is 5.59. The fourth-order valence-electron chi connectivity index (χ4n) is 2.59. The number of rotatable bonds is 6. The molecular weight excluding hydrogens is 364 g/mol. The van der Waals surface area contributed by atoms with Crippen molar-refractivity contribution >= 4 is 34.7 Å². The van der Waals surface area contributed by atoms with Gasteiger partial charge in [0.05, 0.1) is 12.1 Å². The lowest BCUT2D eigenvalue weighted by Crippen LogP contribution is -2.24. The topological polar surface area (TPSA) is 59.3 Å². The molecule has 4 aromatic rings. The van der Waals surface area contributed by atoms with Gasteiger partial charge >= 0.3 is 0 Å². The third kappa shape index (κ3) is 3.63. The van der Waals surface area contributed by atoms with Crippen LogP contribution in [-0.2, 0) is 12.3 Å². The Morgan fingerprint density at radius 1 is 1.08 bits per heavy atom. The number of hydrogen-bond acceptors (Lipinski definition) is 5. The molecule has 0 saturated carbocycles. The lowest BCUT2D eigenvalue weighted by Gasteiger charge is -2.09. The van der Waals surface area contributed by atoms with Gasteiger partial charge in [-0.1, -0.05) is 24.3 Å². The molecule has 0 aliphatic rings. The van der Waals surface area contributed by atoms with Gasteiger partial charge in [-0.25, -0.2) is 0 Å². The summed E-state index contributed by atoms with van der Waals surface area (Å²) in [7, 11) is 0. The van der Waals surface area contributed by atoms with Crippen molar-refractivity contribution in [1.82, 2.24) is 19.9 Å². The highest BCUT2D eigenvalue weighted by atomic mass is 32.2. The molecule has 3 aromatic heterocycles. The van der Waals surface area contributed by atoms with Crippen LogP contribution in [0, 0.1) is 0 Å². The first-order valence-corrected chi connectivity index (χ1v) is 9.99. The van der Waals surface area contributed by atoms with Gasteiger partial charge in [-0.2, -0.15) is 0 Å². The van der Waals surface area contributed by atoms with Crippen LogP contribution >= 0.6 is 23.1 Å². The lowest BCUT2D eigenvalue weighted by molar-refractivity contribution is 0.0947. The minimum atomic E-state index is -0.105. The Hall–Kier alpha value is -2.64. The van der Waals surface area contributed by atoms with Gasteiger partial charge < -0.3 is 5.32 Å². The molecule has 0 radical (unpaired) electrons. The first-order chi connectivity index (χ1) is 12.8. The van der Waals surface area contributed by atoms with E-state index in [4.69, 9.17) is 0 Å². The number of thioether (sulfide) groups is 1. The van der Waals surface area contributed by atoms with Gasteiger partial charge in [-0.3, -0.25) is 9.20 Å². The molecule has 0 aliphatic carbocycles. The molecule has 0 saturated heterocycles. The van der Waals surface area contributed by atoms with Gasteiger partial charge in [0.15, 0.2) is 11.5 Å². The predicted octanol–water partition coefficient (Wildman–Crippen LogP) is 4.01. The Kier molecular flexibility index (Phi) is 4.99. The smallest absolute Gasteiger partial charge is 0.252 e. The molecule has 3 heterocycles. The number of benzene rings is 1. The molecule has 7 heteroatoms. The molecule has 1 amide bonds. The standard InChI is InChI=1S/C19H16N4OS2/c24-19(20-12-18-22-21-17-9-3-4-10-23(17)18)15-7-1-2-8-16(15)26-13-14-6-5-11-25-14/h1-11H,12-13H2,(H,20,24). The third-order valence-corrected chi connectivity index (χ3v) is 6.05. The van der Waals surface area contributed by atoms with Gasteiger partial charge in [0, 0.05) is 21.7 Å². The Balaban J connectivity index is 1.46. The van der Waals surface area contributed by atoms with E-state index in [0.29, 0.717) is 17.9 Å². The van der Waals surface area contributed by atoms with E-state index in [9.17, 15) is 4.79 Å². The summed E-state index contributed by atoms with van der Waals surface area (Å²) in [5, 5.41) is 13.3. The molecule has 0 spiro atoms. The second-order valence-corrected chi connectivity index (χ2v) is 7.64. The number of aromatic nitrogens is 3. The van der Waals surface area contributed by atoms with Crippen LogP contribution in [0.25, 0.3) is 5.65 Å². The molecule has 26 heavy (non-hydrogen) atoms. The maximum atomic E-state index is 12.7. The highest BCUT2D eigenvalue weighted by molar-refractivity contribution is 7.98. The maximum absolute atomic E-state index is 12.7. The Labute approximate surface area is 159 Å². The summed E-state index contributed by atoms with van der Waals surface area (Å²) < 4.78 is 1.87. The lowest BCUT2D eigenvalue weighted by atomic mass is 10.2. The number of pyridine rings is 1. The highest BCUT2D eigenvalue weighted by Gasteiger charge is 2.13. The summed E-state index contributed by atoms with van der Waals surface area (Å²) in [4.78, 5) is 14.9.